The molecule has 0 fully saturated rings. The molecule has 0 aliphatic heterocycles. The Balaban J connectivity index is 2.34. The molecule has 0 spiro atoms. The Morgan fingerprint density at radius 3 is 2.55 bits per heavy atom. The molecule has 2 aromatic rings. The van der Waals surface area contributed by atoms with E-state index in [1.54, 1.807) is 17.5 Å². The minimum absolute atomic E-state index is 0.0934. The fourth-order valence-electron chi connectivity index (χ4n) is 1.73. The average Bonchev–Trinajstić information content (AvgIpc) is 2.87. The van der Waals surface area contributed by atoms with Gasteiger partial charge in [0.15, 0.2) is 0 Å². The summed E-state index contributed by atoms with van der Waals surface area (Å²) in [4.78, 5) is 13.3. The van der Waals surface area contributed by atoms with Crippen LogP contribution in [-0.2, 0) is 5.41 Å². The standard InChI is InChI=1S/C14H21N5S/c1-8-10(15)18-13(14(3,4)5)19-11(8)17-9(2)12-16-6-7-20-12/h6-7,9H,1-5H3,(H3,15,17,18,19). The lowest BCUT2D eigenvalue weighted by atomic mass is 9.95. The quantitative estimate of drug-likeness (QED) is 0.907. The largest absolute Gasteiger partial charge is 0.383 e. The normalized spacial score (nSPS) is 13.2. The highest BCUT2D eigenvalue weighted by atomic mass is 32.1. The van der Waals surface area contributed by atoms with Crippen LogP contribution in [0.2, 0.25) is 0 Å². The second-order valence-corrected chi connectivity index (χ2v) is 6.82. The molecule has 0 aliphatic carbocycles. The van der Waals surface area contributed by atoms with E-state index in [4.69, 9.17) is 5.73 Å². The van der Waals surface area contributed by atoms with Gasteiger partial charge < -0.3 is 11.1 Å². The minimum atomic E-state index is -0.136. The molecule has 2 rings (SSSR count). The highest BCUT2D eigenvalue weighted by Gasteiger charge is 2.21. The molecule has 0 radical (unpaired) electrons. The number of nitrogens with one attached hydrogen (secondary N) is 1. The van der Waals surface area contributed by atoms with Crippen molar-refractivity contribution in [2.24, 2.45) is 0 Å². The maximum atomic E-state index is 6.01. The fourth-order valence-corrected chi connectivity index (χ4v) is 2.37. The van der Waals surface area contributed by atoms with Gasteiger partial charge in [0.25, 0.3) is 0 Å². The third kappa shape index (κ3) is 3.07. The molecule has 0 bridgehead atoms. The van der Waals surface area contributed by atoms with E-state index in [0.717, 1.165) is 22.2 Å². The Bertz CT molecular complexity index is 586. The van der Waals surface area contributed by atoms with Crippen molar-refractivity contribution < 1.29 is 0 Å². The molecule has 0 saturated carbocycles. The molecule has 5 nitrogen and oxygen atoms in total. The molecule has 3 N–H and O–H groups in total. The summed E-state index contributed by atoms with van der Waals surface area (Å²) in [5.41, 5.74) is 6.75. The monoisotopic (exact) mass is 291 g/mol. The molecular formula is C14H21N5S. The van der Waals surface area contributed by atoms with Crippen molar-refractivity contribution in [3.8, 4) is 0 Å². The molecule has 6 heteroatoms. The van der Waals surface area contributed by atoms with E-state index in [9.17, 15) is 0 Å². The summed E-state index contributed by atoms with van der Waals surface area (Å²) in [5, 5.41) is 6.38. The van der Waals surface area contributed by atoms with Gasteiger partial charge in [-0.25, -0.2) is 15.0 Å². The molecule has 0 saturated heterocycles. The summed E-state index contributed by atoms with van der Waals surface area (Å²) in [6.07, 6.45) is 1.81. The zero-order valence-electron chi connectivity index (χ0n) is 12.6. The summed E-state index contributed by atoms with van der Waals surface area (Å²) >= 11 is 1.62. The van der Waals surface area contributed by atoms with E-state index >= 15 is 0 Å². The van der Waals surface area contributed by atoms with Gasteiger partial charge in [-0.05, 0) is 13.8 Å². The molecule has 108 valence electrons. The molecule has 0 aromatic carbocycles. The second-order valence-electron chi connectivity index (χ2n) is 5.89. The number of anilines is 2. The van der Waals surface area contributed by atoms with Crippen LogP contribution in [0.25, 0.3) is 0 Å². The Hall–Kier alpha value is -1.69. The first-order valence-corrected chi connectivity index (χ1v) is 7.47. The van der Waals surface area contributed by atoms with Crippen LogP contribution >= 0.6 is 11.3 Å². The molecule has 0 amide bonds. The van der Waals surface area contributed by atoms with Crippen LogP contribution in [0.4, 0.5) is 11.6 Å². The first-order valence-electron chi connectivity index (χ1n) is 6.59. The van der Waals surface area contributed by atoms with Gasteiger partial charge in [-0.15, -0.1) is 11.3 Å². The van der Waals surface area contributed by atoms with Crippen molar-refractivity contribution in [3.05, 3.63) is 28.0 Å². The molecule has 1 atom stereocenters. The molecule has 2 heterocycles. The fraction of sp³-hybridized carbons (Fsp3) is 0.500. The molecule has 1 unspecified atom stereocenters. The van der Waals surface area contributed by atoms with Gasteiger partial charge in [0.1, 0.15) is 22.5 Å². The van der Waals surface area contributed by atoms with E-state index < -0.39 is 0 Å². The number of nitrogen functional groups attached to an aromatic ring is 1. The summed E-state index contributed by atoms with van der Waals surface area (Å²) in [6, 6.07) is 0.0934. The maximum absolute atomic E-state index is 6.01. The summed E-state index contributed by atoms with van der Waals surface area (Å²) in [7, 11) is 0. The van der Waals surface area contributed by atoms with Crippen molar-refractivity contribution in [1.82, 2.24) is 15.0 Å². The van der Waals surface area contributed by atoms with E-state index in [0.29, 0.717) is 5.82 Å². The summed E-state index contributed by atoms with van der Waals surface area (Å²) in [6.45, 7) is 10.2. The number of thiazole rings is 1. The van der Waals surface area contributed by atoms with Gasteiger partial charge in [-0.3, -0.25) is 0 Å². The minimum Gasteiger partial charge on any atom is -0.383 e. The Labute approximate surface area is 123 Å². The van der Waals surface area contributed by atoms with Crippen LogP contribution in [0.1, 0.15) is 50.1 Å². The molecule has 20 heavy (non-hydrogen) atoms. The Morgan fingerprint density at radius 1 is 1.30 bits per heavy atom. The van der Waals surface area contributed by atoms with E-state index in [-0.39, 0.29) is 11.5 Å². The Morgan fingerprint density at radius 2 is 2.00 bits per heavy atom. The number of rotatable bonds is 3. The second kappa shape index (κ2) is 5.36. The van der Waals surface area contributed by atoms with Crippen molar-refractivity contribution in [2.75, 3.05) is 11.1 Å². The lowest BCUT2D eigenvalue weighted by Gasteiger charge is -2.21. The highest BCUT2D eigenvalue weighted by Crippen LogP contribution is 2.27. The predicted molar refractivity (Wildman–Crippen MR) is 84.0 cm³/mol. The van der Waals surface area contributed by atoms with Gasteiger partial charge in [0.05, 0.1) is 6.04 Å². The third-order valence-electron chi connectivity index (χ3n) is 3.03. The SMILES string of the molecule is Cc1c(N)nc(C(C)(C)C)nc1NC(C)c1nccs1. The molecule has 0 aliphatic rings. The Kier molecular flexibility index (Phi) is 3.94. The van der Waals surface area contributed by atoms with Crippen LogP contribution in [-0.4, -0.2) is 15.0 Å². The first-order chi connectivity index (χ1) is 9.29. The van der Waals surface area contributed by atoms with Gasteiger partial charge in [0.2, 0.25) is 0 Å². The van der Waals surface area contributed by atoms with Crippen LogP contribution in [0.15, 0.2) is 11.6 Å². The number of hydrogen-bond acceptors (Lipinski definition) is 6. The van der Waals surface area contributed by atoms with Crippen LogP contribution in [0, 0.1) is 6.92 Å². The van der Waals surface area contributed by atoms with Gasteiger partial charge in [0, 0.05) is 22.6 Å². The molecular weight excluding hydrogens is 270 g/mol. The number of hydrogen-bond donors (Lipinski definition) is 2. The van der Waals surface area contributed by atoms with E-state index in [1.165, 1.54) is 0 Å². The third-order valence-corrected chi connectivity index (χ3v) is 3.99. The number of aromatic nitrogens is 3. The zero-order valence-corrected chi connectivity index (χ0v) is 13.4. The predicted octanol–water partition coefficient (Wildman–Crippen LogP) is 3.29. The van der Waals surface area contributed by atoms with Crippen molar-refractivity contribution in [2.45, 2.75) is 46.1 Å². The van der Waals surface area contributed by atoms with Crippen LogP contribution < -0.4 is 11.1 Å². The molecule has 2 aromatic heterocycles. The number of nitrogens with two attached hydrogens (primary N) is 1. The summed E-state index contributed by atoms with van der Waals surface area (Å²) < 4.78 is 0. The first kappa shape index (κ1) is 14.7. The smallest absolute Gasteiger partial charge is 0.138 e. The topological polar surface area (TPSA) is 76.7 Å². The van der Waals surface area contributed by atoms with E-state index in [2.05, 4.69) is 48.0 Å². The lowest BCUT2D eigenvalue weighted by molar-refractivity contribution is 0.546. The van der Waals surface area contributed by atoms with Gasteiger partial charge in [-0.1, -0.05) is 20.8 Å². The maximum Gasteiger partial charge on any atom is 0.138 e. The van der Waals surface area contributed by atoms with Gasteiger partial charge in [-0.2, -0.15) is 0 Å². The van der Waals surface area contributed by atoms with Crippen molar-refractivity contribution in [1.29, 1.82) is 0 Å². The summed E-state index contributed by atoms with van der Waals surface area (Å²) in [5.74, 6) is 2.05. The van der Waals surface area contributed by atoms with Crippen molar-refractivity contribution >= 4 is 23.0 Å². The van der Waals surface area contributed by atoms with Crippen molar-refractivity contribution in [3.63, 3.8) is 0 Å². The lowest BCUT2D eigenvalue weighted by Crippen LogP contribution is -2.20. The van der Waals surface area contributed by atoms with Crippen LogP contribution in [0.5, 0.6) is 0 Å². The van der Waals surface area contributed by atoms with Gasteiger partial charge >= 0.3 is 0 Å². The number of nitrogens with zero attached hydrogens (tertiary/aromatic N) is 3. The van der Waals surface area contributed by atoms with E-state index in [1.807, 2.05) is 12.3 Å². The average molecular weight is 291 g/mol. The van der Waals surface area contributed by atoms with Crippen LogP contribution in [0.3, 0.4) is 0 Å². The highest BCUT2D eigenvalue weighted by molar-refractivity contribution is 7.09. The zero-order chi connectivity index (χ0) is 14.9.